The van der Waals surface area contributed by atoms with Gasteiger partial charge in [-0.1, -0.05) is 0 Å². The van der Waals surface area contributed by atoms with E-state index in [9.17, 15) is 9.59 Å². The van der Waals surface area contributed by atoms with E-state index in [2.05, 4.69) is 4.98 Å². The van der Waals surface area contributed by atoms with Crippen molar-refractivity contribution in [2.24, 2.45) is 0 Å². The van der Waals surface area contributed by atoms with Crippen LogP contribution in [0.5, 0.6) is 11.5 Å². The number of methoxy groups -OCH3 is 2. The van der Waals surface area contributed by atoms with E-state index in [1.807, 2.05) is 12.1 Å². The molecule has 0 spiro atoms. The first kappa shape index (κ1) is 18.7. The van der Waals surface area contributed by atoms with Gasteiger partial charge in [-0.3, -0.25) is 9.59 Å². The number of amides is 1. The Morgan fingerprint density at radius 3 is 2.56 bits per heavy atom. The molecule has 0 fully saturated rings. The summed E-state index contributed by atoms with van der Waals surface area (Å²) in [6.07, 6.45) is 0.0743. The van der Waals surface area contributed by atoms with E-state index < -0.39 is 5.97 Å². The highest BCUT2D eigenvalue weighted by Crippen LogP contribution is 2.33. The second-order valence-electron chi connectivity index (χ2n) is 5.19. The molecule has 0 atom stereocenters. The van der Waals surface area contributed by atoms with Crippen molar-refractivity contribution in [3.05, 3.63) is 29.3 Å². The van der Waals surface area contributed by atoms with Gasteiger partial charge in [0.05, 0.1) is 26.3 Å². The Bertz CT molecular complexity index is 759. The fraction of sp³-hybridized carbons (Fsp3) is 0.353. The monoisotopic (exact) mass is 364 g/mol. The topological polar surface area (TPSA) is 89.0 Å². The van der Waals surface area contributed by atoms with Crippen LogP contribution in [0.15, 0.2) is 23.6 Å². The molecule has 0 radical (unpaired) electrons. The summed E-state index contributed by atoms with van der Waals surface area (Å²) in [6, 6.07) is 5.49. The van der Waals surface area contributed by atoms with Gasteiger partial charge in [-0.05, 0) is 25.1 Å². The maximum atomic E-state index is 12.2. The minimum Gasteiger partial charge on any atom is -0.493 e. The molecule has 25 heavy (non-hydrogen) atoms. The molecule has 0 aliphatic rings. The predicted molar refractivity (Wildman–Crippen MR) is 94.2 cm³/mol. The molecule has 2 rings (SSSR count). The summed E-state index contributed by atoms with van der Waals surface area (Å²) in [7, 11) is 3.14. The molecule has 0 bridgehead atoms. The van der Waals surface area contributed by atoms with E-state index in [1.54, 1.807) is 32.6 Å². The van der Waals surface area contributed by atoms with Crippen LogP contribution in [0.3, 0.4) is 0 Å². The van der Waals surface area contributed by atoms with Gasteiger partial charge in [-0.2, -0.15) is 0 Å². The van der Waals surface area contributed by atoms with Crippen molar-refractivity contribution in [3.8, 4) is 22.1 Å². The molecule has 1 aromatic heterocycles. The van der Waals surface area contributed by atoms with Crippen molar-refractivity contribution in [1.29, 1.82) is 0 Å². The van der Waals surface area contributed by atoms with E-state index in [0.29, 0.717) is 23.7 Å². The standard InChI is InChI=1S/C17H20N2O5S/c1-4-19(9-16(21)22)15(20)8-12-10-25-17(18-12)11-5-6-13(23-2)14(7-11)24-3/h5-7,10H,4,8-9H2,1-3H3,(H,21,22). The van der Waals surface area contributed by atoms with Crippen molar-refractivity contribution in [3.63, 3.8) is 0 Å². The summed E-state index contributed by atoms with van der Waals surface area (Å²) in [4.78, 5) is 28.8. The van der Waals surface area contributed by atoms with Crippen LogP contribution in [0, 0.1) is 0 Å². The number of hydrogen-bond acceptors (Lipinski definition) is 6. The largest absolute Gasteiger partial charge is 0.493 e. The third kappa shape index (κ3) is 4.69. The molecule has 8 heteroatoms. The molecule has 0 saturated carbocycles. The molecule has 0 aliphatic heterocycles. The number of likely N-dealkylation sites (N-methyl/N-ethyl adjacent to an activating group) is 1. The molecule has 1 aromatic carbocycles. The summed E-state index contributed by atoms with van der Waals surface area (Å²) < 4.78 is 10.5. The lowest BCUT2D eigenvalue weighted by Crippen LogP contribution is -2.36. The number of nitrogens with zero attached hydrogens (tertiary/aromatic N) is 2. The Labute approximate surface area is 149 Å². The molecule has 0 aliphatic carbocycles. The van der Waals surface area contributed by atoms with Crippen LogP contribution in [0.1, 0.15) is 12.6 Å². The molecule has 1 N–H and O–H groups in total. The van der Waals surface area contributed by atoms with Crippen molar-refractivity contribution >= 4 is 23.2 Å². The van der Waals surface area contributed by atoms with Gasteiger partial charge in [-0.25, -0.2) is 4.98 Å². The number of carbonyl (C=O) groups excluding carboxylic acids is 1. The molecule has 0 saturated heterocycles. The highest BCUT2D eigenvalue weighted by molar-refractivity contribution is 7.13. The minimum atomic E-state index is -1.03. The number of carboxylic acids is 1. The quantitative estimate of drug-likeness (QED) is 0.773. The predicted octanol–water partition coefficient (Wildman–Crippen LogP) is 2.30. The van der Waals surface area contributed by atoms with Crippen LogP contribution in [0.4, 0.5) is 0 Å². The van der Waals surface area contributed by atoms with Gasteiger partial charge in [-0.15, -0.1) is 11.3 Å². The summed E-state index contributed by atoms with van der Waals surface area (Å²) in [6.45, 7) is 1.79. The number of hydrogen-bond donors (Lipinski definition) is 1. The van der Waals surface area contributed by atoms with E-state index in [0.717, 1.165) is 10.6 Å². The highest BCUT2D eigenvalue weighted by atomic mass is 32.1. The average Bonchev–Trinajstić information content (AvgIpc) is 3.07. The molecule has 0 unspecified atom stereocenters. The fourth-order valence-electron chi connectivity index (χ4n) is 2.30. The summed E-state index contributed by atoms with van der Waals surface area (Å²) in [5.41, 5.74) is 1.47. The van der Waals surface area contributed by atoms with Gasteiger partial charge < -0.3 is 19.5 Å². The van der Waals surface area contributed by atoms with Gasteiger partial charge in [0.2, 0.25) is 5.91 Å². The molecule has 134 valence electrons. The molecule has 1 amide bonds. The Balaban J connectivity index is 2.14. The minimum absolute atomic E-state index is 0.0743. The van der Waals surface area contributed by atoms with Crippen molar-refractivity contribution in [1.82, 2.24) is 9.88 Å². The average molecular weight is 364 g/mol. The zero-order valence-corrected chi connectivity index (χ0v) is 15.1. The number of ether oxygens (including phenoxy) is 2. The number of carbonyl (C=O) groups is 2. The SMILES string of the molecule is CCN(CC(=O)O)C(=O)Cc1csc(-c2ccc(OC)c(OC)c2)n1. The number of aliphatic carboxylic acids is 1. The molecule has 2 aromatic rings. The highest BCUT2D eigenvalue weighted by Gasteiger charge is 2.17. The van der Waals surface area contributed by atoms with Crippen LogP contribution in [0.2, 0.25) is 0 Å². The van der Waals surface area contributed by atoms with E-state index in [-0.39, 0.29) is 18.9 Å². The van der Waals surface area contributed by atoms with E-state index in [4.69, 9.17) is 14.6 Å². The zero-order valence-electron chi connectivity index (χ0n) is 14.3. The fourth-order valence-corrected chi connectivity index (χ4v) is 3.11. The lowest BCUT2D eigenvalue weighted by atomic mass is 10.2. The van der Waals surface area contributed by atoms with Crippen molar-refractivity contribution < 1.29 is 24.2 Å². The van der Waals surface area contributed by atoms with Gasteiger partial charge >= 0.3 is 5.97 Å². The van der Waals surface area contributed by atoms with Gasteiger partial charge in [0, 0.05) is 17.5 Å². The molecular weight excluding hydrogens is 344 g/mol. The van der Waals surface area contributed by atoms with Crippen molar-refractivity contribution in [2.75, 3.05) is 27.3 Å². The van der Waals surface area contributed by atoms with Crippen LogP contribution >= 0.6 is 11.3 Å². The van der Waals surface area contributed by atoms with Crippen molar-refractivity contribution in [2.45, 2.75) is 13.3 Å². The first-order valence-electron chi connectivity index (χ1n) is 7.64. The third-order valence-corrected chi connectivity index (χ3v) is 4.52. The number of carboxylic acid groups (broad SMARTS) is 1. The number of benzene rings is 1. The van der Waals surface area contributed by atoms with Crippen LogP contribution in [-0.4, -0.2) is 54.2 Å². The molecular formula is C17H20N2O5S. The Morgan fingerprint density at radius 1 is 1.24 bits per heavy atom. The maximum absolute atomic E-state index is 12.2. The van der Waals surface area contributed by atoms with E-state index >= 15 is 0 Å². The number of thiazole rings is 1. The summed E-state index contributed by atoms with van der Waals surface area (Å²) >= 11 is 1.42. The second-order valence-corrected chi connectivity index (χ2v) is 6.05. The Morgan fingerprint density at radius 2 is 1.96 bits per heavy atom. The zero-order chi connectivity index (χ0) is 18.4. The van der Waals surface area contributed by atoms with E-state index in [1.165, 1.54) is 16.2 Å². The Kier molecular flexibility index (Phi) is 6.35. The molecule has 7 nitrogen and oxygen atoms in total. The first-order chi connectivity index (χ1) is 12.0. The van der Waals surface area contributed by atoms with Gasteiger partial charge in [0.1, 0.15) is 11.6 Å². The summed E-state index contributed by atoms with van der Waals surface area (Å²) in [5.74, 6) is -0.0505. The van der Waals surface area contributed by atoms with Crippen LogP contribution in [-0.2, 0) is 16.0 Å². The smallest absolute Gasteiger partial charge is 0.323 e. The van der Waals surface area contributed by atoms with Gasteiger partial charge in [0.25, 0.3) is 0 Å². The van der Waals surface area contributed by atoms with Gasteiger partial charge in [0.15, 0.2) is 11.5 Å². The normalized spacial score (nSPS) is 10.4. The second kappa shape index (κ2) is 8.48. The van der Waals surface area contributed by atoms with Crippen LogP contribution in [0.25, 0.3) is 10.6 Å². The number of rotatable bonds is 8. The lowest BCUT2D eigenvalue weighted by molar-refractivity contribution is -0.144. The number of aromatic nitrogens is 1. The lowest BCUT2D eigenvalue weighted by Gasteiger charge is -2.17. The molecule has 1 heterocycles. The van der Waals surface area contributed by atoms with Crippen LogP contribution < -0.4 is 9.47 Å². The Hall–Kier alpha value is -2.61. The maximum Gasteiger partial charge on any atom is 0.323 e. The first-order valence-corrected chi connectivity index (χ1v) is 8.52. The summed E-state index contributed by atoms with van der Waals surface area (Å²) in [5, 5.41) is 11.4. The third-order valence-electron chi connectivity index (χ3n) is 3.58.